The Kier molecular flexibility index (Phi) is 11.3. The number of nitrogens with one attached hydrogen (secondary N) is 3. The number of rotatable bonds is 5. The molecular formula is C16H34IN5O2. The fourth-order valence-corrected chi connectivity index (χ4v) is 1.75. The quantitative estimate of drug-likeness (QED) is 0.252. The Hall–Kier alpha value is -1.06. The van der Waals surface area contributed by atoms with E-state index in [1.54, 1.807) is 19.0 Å². The molecule has 0 saturated heterocycles. The van der Waals surface area contributed by atoms with Gasteiger partial charge in [0.2, 0.25) is 11.8 Å². The minimum absolute atomic E-state index is 0. The molecule has 0 fully saturated rings. The van der Waals surface area contributed by atoms with Gasteiger partial charge in [0.25, 0.3) is 0 Å². The number of aliphatic imine (C=N–C) groups is 1. The van der Waals surface area contributed by atoms with Crippen molar-refractivity contribution in [3.05, 3.63) is 0 Å². The molecule has 0 heterocycles. The normalized spacial score (nSPS) is 12.1. The lowest BCUT2D eigenvalue weighted by Gasteiger charge is -2.25. The van der Waals surface area contributed by atoms with Crippen LogP contribution in [0, 0.1) is 5.41 Å². The average molecular weight is 455 g/mol. The summed E-state index contributed by atoms with van der Waals surface area (Å²) in [6, 6.07) is 0. The first-order chi connectivity index (χ1) is 10.4. The van der Waals surface area contributed by atoms with E-state index in [9.17, 15) is 9.59 Å². The van der Waals surface area contributed by atoms with Crippen LogP contribution in [0.2, 0.25) is 0 Å². The van der Waals surface area contributed by atoms with E-state index in [0.717, 1.165) is 0 Å². The summed E-state index contributed by atoms with van der Waals surface area (Å²) in [6.45, 7) is 12.7. The Labute approximate surface area is 163 Å². The van der Waals surface area contributed by atoms with E-state index in [1.165, 1.54) is 0 Å². The Morgan fingerprint density at radius 1 is 1.00 bits per heavy atom. The number of carbonyl (C=O) groups is 2. The zero-order valence-corrected chi connectivity index (χ0v) is 18.6. The molecule has 142 valence electrons. The molecule has 0 aromatic carbocycles. The third-order valence-corrected chi connectivity index (χ3v) is 2.84. The first-order valence-electron chi connectivity index (χ1n) is 7.88. The van der Waals surface area contributed by atoms with Crippen molar-refractivity contribution >= 4 is 41.8 Å². The Bertz CT molecular complexity index is 439. The third kappa shape index (κ3) is 11.5. The maximum Gasteiger partial charge on any atom is 0.240 e. The zero-order chi connectivity index (χ0) is 18.3. The predicted octanol–water partition coefficient (Wildman–Crippen LogP) is 1.19. The van der Waals surface area contributed by atoms with Crippen LogP contribution in [0.3, 0.4) is 0 Å². The number of amides is 2. The van der Waals surface area contributed by atoms with Crippen molar-refractivity contribution in [2.75, 3.05) is 33.7 Å². The highest BCUT2D eigenvalue weighted by Crippen LogP contribution is 2.11. The van der Waals surface area contributed by atoms with Crippen LogP contribution in [0.4, 0.5) is 0 Å². The highest BCUT2D eigenvalue weighted by Gasteiger charge is 2.20. The number of hydrogen-bond donors (Lipinski definition) is 3. The molecule has 0 aliphatic heterocycles. The van der Waals surface area contributed by atoms with Crippen molar-refractivity contribution in [1.82, 2.24) is 20.9 Å². The van der Waals surface area contributed by atoms with Crippen LogP contribution >= 0.6 is 24.0 Å². The molecule has 3 N–H and O–H groups in total. The summed E-state index contributed by atoms with van der Waals surface area (Å²) in [6.07, 6.45) is 0. The van der Waals surface area contributed by atoms with Crippen LogP contribution in [0.25, 0.3) is 0 Å². The van der Waals surface area contributed by atoms with E-state index in [1.807, 2.05) is 41.5 Å². The highest BCUT2D eigenvalue weighted by atomic mass is 127. The van der Waals surface area contributed by atoms with Crippen LogP contribution in [-0.2, 0) is 9.59 Å². The van der Waals surface area contributed by atoms with Crippen LogP contribution in [0.15, 0.2) is 4.99 Å². The topological polar surface area (TPSA) is 85.8 Å². The lowest BCUT2D eigenvalue weighted by molar-refractivity contribution is -0.128. The van der Waals surface area contributed by atoms with Gasteiger partial charge in [0.1, 0.15) is 0 Å². The largest absolute Gasteiger partial charge is 0.354 e. The molecule has 0 radical (unpaired) electrons. The van der Waals surface area contributed by atoms with Crippen molar-refractivity contribution in [2.24, 2.45) is 10.4 Å². The second-order valence-corrected chi connectivity index (χ2v) is 7.63. The minimum Gasteiger partial charge on any atom is -0.354 e. The van der Waals surface area contributed by atoms with Gasteiger partial charge in [0, 0.05) is 38.1 Å². The van der Waals surface area contributed by atoms with Gasteiger partial charge in [-0.1, -0.05) is 20.8 Å². The summed E-state index contributed by atoms with van der Waals surface area (Å²) in [5, 5.41) is 8.89. The maximum absolute atomic E-state index is 11.9. The minimum atomic E-state index is -0.399. The maximum atomic E-state index is 11.9. The molecule has 0 rings (SSSR count). The molecule has 0 atom stereocenters. The fourth-order valence-electron chi connectivity index (χ4n) is 1.75. The highest BCUT2D eigenvalue weighted by molar-refractivity contribution is 14.0. The van der Waals surface area contributed by atoms with Crippen LogP contribution in [0.1, 0.15) is 41.5 Å². The Balaban J connectivity index is 0. The SMILES string of the molecule is CN=C(NCCNC(=O)C(C)(C)C)N(C)CC(=O)NC(C)(C)C.I. The average Bonchev–Trinajstić information content (AvgIpc) is 2.34. The van der Waals surface area contributed by atoms with Crippen molar-refractivity contribution in [2.45, 2.75) is 47.1 Å². The van der Waals surface area contributed by atoms with Crippen molar-refractivity contribution in [3.63, 3.8) is 0 Å². The lowest BCUT2D eigenvalue weighted by atomic mass is 9.96. The number of carbonyl (C=O) groups excluding carboxylic acids is 2. The molecule has 0 saturated carbocycles. The Morgan fingerprint density at radius 3 is 1.92 bits per heavy atom. The molecule has 7 nitrogen and oxygen atoms in total. The molecule has 0 bridgehead atoms. The van der Waals surface area contributed by atoms with E-state index in [-0.39, 0.29) is 47.9 Å². The van der Waals surface area contributed by atoms with E-state index in [4.69, 9.17) is 0 Å². The molecule has 0 aliphatic carbocycles. The number of halogens is 1. The first kappa shape index (κ1) is 25.2. The summed E-state index contributed by atoms with van der Waals surface area (Å²) in [5.74, 6) is 0.551. The first-order valence-corrected chi connectivity index (χ1v) is 7.88. The molecule has 2 amide bonds. The molecule has 24 heavy (non-hydrogen) atoms. The number of guanidine groups is 1. The van der Waals surface area contributed by atoms with Crippen molar-refractivity contribution in [3.8, 4) is 0 Å². The van der Waals surface area contributed by atoms with E-state index >= 15 is 0 Å². The van der Waals surface area contributed by atoms with Gasteiger partial charge in [0.05, 0.1) is 6.54 Å². The van der Waals surface area contributed by atoms with Gasteiger partial charge in [-0.3, -0.25) is 14.6 Å². The van der Waals surface area contributed by atoms with Crippen molar-refractivity contribution < 1.29 is 9.59 Å². The molecule has 0 spiro atoms. The summed E-state index contributed by atoms with van der Waals surface area (Å²) >= 11 is 0. The summed E-state index contributed by atoms with van der Waals surface area (Å²) in [4.78, 5) is 29.6. The molecule has 0 aromatic rings. The van der Waals surface area contributed by atoms with Gasteiger partial charge in [-0.15, -0.1) is 24.0 Å². The number of nitrogens with zero attached hydrogens (tertiary/aromatic N) is 2. The molecule has 0 aromatic heterocycles. The molecule has 0 aliphatic rings. The molecular weight excluding hydrogens is 421 g/mol. The Morgan fingerprint density at radius 2 is 1.50 bits per heavy atom. The van der Waals surface area contributed by atoms with E-state index in [2.05, 4.69) is 20.9 Å². The van der Waals surface area contributed by atoms with Crippen LogP contribution in [0.5, 0.6) is 0 Å². The summed E-state index contributed by atoms with van der Waals surface area (Å²) < 4.78 is 0. The monoisotopic (exact) mass is 455 g/mol. The van der Waals surface area contributed by atoms with E-state index in [0.29, 0.717) is 19.0 Å². The second-order valence-electron chi connectivity index (χ2n) is 7.63. The smallest absolute Gasteiger partial charge is 0.240 e. The van der Waals surface area contributed by atoms with Crippen LogP contribution < -0.4 is 16.0 Å². The van der Waals surface area contributed by atoms with Gasteiger partial charge in [-0.05, 0) is 20.8 Å². The van der Waals surface area contributed by atoms with Gasteiger partial charge < -0.3 is 20.9 Å². The standard InChI is InChI=1S/C16H33N5O2.HI/c1-15(2,3)13(23)18-9-10-19-14(17-7)21(8)11-12(22)20-16(4,5)6;/h9-11H2,1-8H3,(H,17,19)(H,18,23)(H,20,22);1H. The molecule has 8 heteroatoms. The van der Waals surface area contributed by atoms with Gasteiger partial charge in [-0.25, -0.2) is 0 Å². The summed E-state index contributed by atoms with van der Waals surface area (Å²) in [7, 11) is 3.46. The zero-order valence-electron chi connectivity index (χ0n) is 16.2. The predicted molar refractivity (Wildman–Crippen MR) is 110 cm³/mol. The number of hydrogen-bond acceptors (Lipinski definition) is 3. The van der Waals surface area contributed by atoms with Gasteiger partial charge >= 0.3 is 0 Å². The molecule has 0 unspecified atom stereocenters. The lowest BCUT2D eigenvalue weighted by Crippen LogP contribution is -2.49. The van der Waals surface area contributed by atoms with Gasteiger partial charge in [-0.2, -0.15) is 0 Å². The fraction of sp³-hybridized carbons (Fsp3) is 0.812. The van der Waals surface area contributed by atoms with Crippen molar-refractivity contribution in [1.29, 1.82) is 0 Å². The summed E-state index contributed by atoms with van der Waals surface area (Å²) in [5.41, 5.74) is -0.657. The van der Waals surface area contributed by atoms with Crippen LogP contribution in [-0.4, -0.2) is 61.9 Å². The van der Waals surface area contributed by atoms with E-state index < -0.39 is 5.41 Å². The van der Waals surface area contributed by atoms with Gasteiger partial charge in [0.15, 0.2) is 5.96 Å². The number of likely N-dealkylation sites (N-methyl/N-ethyl adjacent to an activating group) is 1. The second kappa shape index (κ2) is 10.7. The third-order valence-electron chi connectivity index (χ3n) is 2.84.